The van der Waals surface area contributed by atoms with Crippen molar-refractivity contribution in [2.75, 3.05) is 0 Å². The molecular weight excluding hydrogens is 252 g/mol. The summed E-state index contributed by atoms with van der Waals surface area (Å²) < 4.78 is 0. The van der Waals surface area contributed by atoms with E-state index in [1.165, 1.54) is 23.5 Å². The minimum Gasteiger partial charge on any atom is -0.324 e. The highest BCUT2D eigenvalue weighted by atomic mass is 32.1. The largest absolute Gasteiger partial charge is 0.324 e. The lowest BCUT2D eigenvalue weighted by molar-refractivity contribution is 0.163. The number of hydrogen-bond donors (Lipinski definition) is 1. The van der Waals surface area contributed by atoms with Crippen LogP contribution in [-0.2, 0) is 11.8 Å². The maximum atomic E-state index is 6.68. The van der Waals surface area contributed by atoms with Crippen LogP contribution in [0.2, 0.25) is 0 Å². The molecule has 108 valence electrons. The zero-order valence-electron chi connectivity index (χ0n) is 13.0. The zero-order valence-corrected chi connectivity index (χ0v) is 13.8. The predicted octanol–water partition coefficient (Wildman–Crippen LogP) is 4.14. The van der Waals surface area contributed by atoms with Crippen LogP contribution >= 0.6 is 11.3 Å². The van der Waals surface area contributed by atoms with Gasteiger partial charge in [0.15, 0.2) is 0 Å². The molecule has 0 bridgehead atoms. The first-order valence-electron chi connectivity index (χ1n) is 7.44. The molecule has 0 amide bonds. The first-order valence-corrected chi connectivity index (χ1v) is 8.32. The maximum Gasteiger partial charge on any atom is 0.0946 e. The number of nitrogens with zero attached hydrogens (tertiary/aromatic N) is 1. The van der Waals surface area contributed by atoms with E-state index in [0.29, 0.717) is 5.92 Å². The van der Waals surface area contributed by atoms with Gasteiger partial charge in [-0.2, -0.15) is 0 Å². The molecule has 0 radical (unpaired) electrons. The van der Waals surface area contributed by atoms with Crippen LogP contribution in [-0.4, -0.2) is 10.5 Å². The molecule has 3 unspecified atom stereocenters. The van der Waals surface area contributed by atoms with Crippen LogP contribution in [0, 0.1) is 11.8 Å². The van der Waals surface area contributed by atoms with E-state index < -0.39 is 0 Å². The van der Waals surface area contributed by atoms with E-state index in [0.717, 1.165) is 18.8 Å². The van der Waals surface area contributed by atoms with Crippen molar-refractivity contribution in [2.24, 2.45) is 17.6 Å². The molecule has 1 fully saturated rings. The molecule has 2 nitrogen and oxygen atoms in total. The summed E-state index contributed by atoms with van der Waals surface area (Å²) in [5.41, 5.74) is 7.98. The topological polar surface area (TPSA) is 38.9 Å². The Balaban J connectivity index is 2.10. The van der Waals surface area contributed by atoms with Gasteiger partial charge in [-0.25, -0.2) is 4.98 Å². The molecule has 19 heavy (non-hydrogen) atoms. The molecule has 1 aliphatic carbocycles. The molecule has 0 aliphatic heterocycles. The second kappa shape index (κ2) is 5.17. The second-order valence-corrected chi connectivity index (χ2v) is 8.51. The average Bonchev–Trinajstić information content (AvgIpc) is 2.72. The van der Waals surface area contributed by atoms with Crippen LogP contribution in [0.25, 0.3) is 0 Å². The number of thiazole rings is 1. The van der Waals surface area contributed by atoms with Gasteiger partial charge in [-0.05, 0) is 31.1 Å². The van der Waals surface area contributed by atoms with Crippen LogP contribution in [0.15, 0.2) is 5.38 Å². The summed E-state index contributed by atoms with van der Waals surface area (Å²) in [6.07, 6.45) is 4.60. The quantitative estimate of drug-likeness (QED) is 0.884. The Hall–Kier alpha value is -0.410. The van der Waals surface area contributed by atoms with E-state index >= 15 is 0 Å². The first kappa shape index (κ1) is 15.0. The van der Waals surface area contributed by atoms with Crippen molar-refractivity contribution in [1.29, 1.82) is 0 Å². The molecule has 1 saturated carbocycles. The number of nitrogens with two attached hydrogens (primary N) is 1. The zero-order chi connectivity index (χ0) is 14.3. The Morgan fingerprint density at radius 3 is 2.63 bits per heavy atom. The third-order valence-corrected chi connectivity index (χ3v) is 5.49. The molecule has 1 aromatic heterocycles. The Labute approximate surface area is 121 Å². The van der Waals surface area contributed by atoms with E-state index in [9.17, 15) is 0 Å². The van der Waals surface area contributed by atoms with Gasteiger partial charge in [0.05, 0.1) is 10.7 Å². The SMILES string of the molecule is CC1CCC(N)(Cc2nc(C(C)(C)C)cs2)C(C)C1. The Bertz CT molecular complexity index is 432. The summed E-state index contributed by atoms with van der Waals surface area (Å²) in [5, 5.41) is 3.42. The molecule has 3 heteroatoms. The van der Waals surface area contributed by atoms with Gasteiger partial charge >= 0.3 is 0 Å². The number of hydrogen-bond acceptors (Lipinski definition) is 3. The molecular formula is C16H28N2S. The molecule has 3 atom stereocenters. The summed E-state index contributed by atoms with van der Waals surface area (Å²) in [4.78, 5) is 4.81. The molecule has 0 spiro atoms. The predicted molar refractivity (Wildman–Crippen MR) is 83.6 cm³/mol. The number of aromatic nitrogens is 1. The molecule has 0 saturated heterocycles. The van der Waals surface area contributed by atoms with Gasteiger partial charge in [0.2, 0.25) is 0 Å². The van der Waals surface area contributed by atoms with E-state index in [2.05, 4.69) is 40.0 Å². The smallest absolute Gasteiger partial charge is 0.0946 e. The third kappa shape index (κ3) is 3.38. The first-order chi connectivity index (χ1) is 8.71. The molecule has 1 aromatic rings. The molecule has 1 aliphatic rings. The van der Waals surface area contributed by atoms with Gasteiger partial charge in [-0.1, -0.05) is 34.6 Å². The lowest BCUT2D eigenvalue weighted by atomic mass is 9.69. The highest BCUT2D eigenvalue weighted by molar-refractivity contribution is 7.09. The summed E-state index contributed by atoms with van der Waals surface area (Å²) in [6.45, 7) is 11.3. The van der Waals surface area contributed by atoms with Gasteiger partial charge in [-0.3, -0.25) is 0 Å². The van der Waals surface area contributed by atoms with Crippen molar-refractivity contribution < 1.29 is 0 Å². The minimum atomic E-state index is -0.0421. The lowest BCUT2D eigenvalue weighted by Crippen LogP contribution is -2.51. The monoisotopic (exact) mass is 280 g/mol. The van der Waals surface area contributed by atoms with Crippen molar-refractivity contribution in [1.82, 2.24) is 4.98 Å². The third-order valence-electron chi connectivity index (χ3n) is 4.64. The molecule has 2 rings (SSSR count). The van der Waals surface area contributed by atoms with Crippen molar-refractivity contribution in [3.05, 3.63) is 16.1 Å². The second-order valence-electron chi connectivity index (χ2n) is 7.57. The fourth-order valence-electron chi connectivity index (χ4n) is 3.00. The summed E-state index contributed by atoms with van der Waals surface area (Å²) >= 11 is 1.78. The van der Waals surface area contributed by atoms with E-state index in [4.69, 9.17) is 10.7 Å². The van der Waals surface area contributed by atoms with Crippen LogP contribution in [0.1, 0.15) is 64.6 Å². The van der Waals surface area contributed by atoms with E-state index in [-0.39, 0.29) is 11.0 Å². The average molecular weight is 280 g/mol. The van der Waals surface area contributed by atoms with Crippen LogP contribution in [0.5, 0.6) is 0 Å². The van der Waals surface area contributed by atoms with Gasteiger partial charge in [0.25, 0.3) is 0 Å². The normalized spacial score (nSPS) is 32.5. The lowest BCUT2D eigenvalue weighted by Gasteiger charge is -2.41. The van der Waals surface area contributed by atoms with Crippen molar-refractivity contribution in [3.63, 3.8) is 0 Å². The summed E-state index contributed by atoms with van der Waals surface area (Å²) in [5.74, 6) is 1.42. The van der Waals surface area contributed by atoms with Gasteiger partial charge in [0, 0.05) is 22.8 Å². The van der Waals surface area contributed by atoms with Gasteiger partial charge in [0.1, 0.15) is 0 Å². The fraction of sp³-hybridized carbons (Fsp3) is 0.812. The van der Waals surface area contributed by atoms with E-state index in [1.807, 2.05) is 0 Å². The van der Waals surface area contributed by atoms with Crippen LogP contribution in [0.3, 0.4) is 0 Å². The van der Waals surface area contributed by atoms with Crippen molar-refractivity contribution in [2.45, 2.75) is 71.3 Å². The van der Waals surface area contributed by atoms with Crippen LogP contribution < -0.4 is 5.73 Å². The maximum absolute atomic E-state index is 6.68. The number of rotatable bonds is 2. The van der Waals surface area contributed by atoms with Crippen molar-refractivity contribution in [3.8, 4) is 0 Å². The Morgan fingerprint density at radius 1 is 1.42 bits per heavy atom. The standard InChI is InChI=1S/C16H28N2S/c1-11-6-7-16(17,12(2)8-11)9-14-18-13(10-19-14)15(3,4)5/h10-12H,6-9,17H2,1-5H3. The summed E-state index contributed by atoms with van der Waals surface area (Å²) in [7, 11) is 0. The Morgan fingerprint density at radius 2 is 2.11 bits per heavy atom. The summed E-state index contributed by atoms with van der Waals surface area (Å²) in [6, 6.07) is 0. The fourth-order valence-corrected chi connectivity index (χ4v) is 4.16. The van der Waals surface area contributed by atoms with E-state index in [1.54, 1.807) is 11.3 Å². The highest BCUT2D eigenvalue weighted by Gasteiger charge is 2.37. The minimum absolute atomic E-state index is 0.0421. The van der Waals surface area contributed by atoms with Crippen LogP contribution in [0.4, 0.5) is 0 Å². The Kier molecular flexibility index (Phi) is 4.08. The molecule has 2 N–H and O–H groups in total. The van der Waals surface area contributed by atoms with Crippen molar-refractivity contribution >= 4 is 11.3 Å². The van der Waals surface area contributed by atoms with Gasteiger partial charge in [-0.15, -0.1) is 11.3 Å². The molecule has 1 heterocycles. The van der Waals surface area contributed by atoms with Gasteiger partial charge < -0.3 is 5.73 Å². The highest BCUT2D eigenvalue weighted by Crippen LogP contribution is 2.38. The molecule has 0 aromatic carbocycles.